The van der Waals surface area contributed by atoms with E-state index in [2.05, 4.69) is 5.32 Å². The summed E-state index contributed by atoms with van der Waals surface area (Å²) in [6.45, 7) is 3.21. The fourth-order valence-electron chi connectivity index (χ4n) is 3.61. The minimum atomic E-state index is -0.549. The van der Waals surface area contributed by atoms with Crippen LogP contribution in [0.2, 0.25) is 0 Å². The molecule has 0 saturated carbocycles. The van der Waals surface area contributed by atoms with Crippen molar-refractivity contribution in [3.05, 3.63) is 65.5 Å². The summed E-state index contributed by atoms with van der Waals surface area (Å²) in [6, 6.07) is 13.5. The van der Waals surface area contributed by atoms with E-state index in [-0.39, 0.29) is 35.8 Å². The predicted octanol–water partition coefficient (Wildman–Crippen LogP) is 3.22. The molecule has 2 atom stereocenters. The molecule has 1 fully saturated rings. The number of nitrogens with one attached hydrogen (secondary N) is 1. The van der Waals surface area contributed by atoms with Crippen LogP contribution in [0.3, 0.4) is 0 Å². The Morgan fingerprint density at radius 3 is 2.50 bits per heavy atom. The maximum Gasteiger partial charge on any atom is 0.256 e. The molecule has 1 heterocycles. The first-order chi connectivity index (χ1) is 13.5. The van der Waals surface area contributed by atoms with Crippen LogP contribution in [0.4, 0.5) is 4.39 Å². The molecule has 6 heteroatoms. The van der Waals surface area contributed by atoms with Crippen LogP contribution in [0.1, 0.15) is 35.2 Å². The van der Waals surface area contributed by atoms with Gasteiger partial charge in [0.15, 0.2) is 0 Å². The van der Waals surface area contributed by atoms with E-state index in [0.717, 1.165) is 17.7 Å². The van der Waals surface area contributed by atoms with Crippen molar-refractivity contribution in [3.8, 4) is 5.75 Å². The highest BCUT2D eigenvalue weighted by Gasteiger charge is 2.40. The molecule has 28 heavy (non-hydrogen) atoms. The third kappa shape index (κ3) is 4.16. The number of amides is 2. The van der Waals surface area contributed by atoms with E-state index in [4.69, 9.17) is 4.74 Å². The van der Waals surface area contributed by atoms with Gasteiger partial charge in [0, 0.05) is 25.6 Å². The third-order valence-corrected chi connectivity index (χ3v) is 5.14. The summed E-state index contributed by atoms with van der Waals surface area (Å²) in [5, 5.41) is 2.93. The van der Waals surface area contributed by atoms with Crippen LogP contribution >= 0.6 is 0 Å². The molecule has 3 rings (SSSR count). The van der Waals surface area contributed by atoms with Crippen molar-refractivity contribution < 1.29 is 18.7 Å². The van der Waals surface area contributed by atoms with Crippen molar-refractivity contribution in [1.29, 1.82) is 0 Å². The average Bonchev–Trinajstić information content (AvgIpc) is 3.17. The Labute approximate surface area is 164 Å². The zero-order valence-corrected chi connectivity index (χ0v) is 16.2. The molecule has 148 valence electrons. The lowest BCUT2D eigenvalue weighted by Crippen LogP contribution is -2.36. The fraction of sp³-hybridized carbons (Fsp3) is 0.364. The van der Waals surface area contributed by atoms with Gasteiger partial charge in [0.05, 0.1) is 18.6 Å². The maximum absolute atomic E-state index is 14.1. The van der Waals surface area contributed by atoms with Crippen molar-refractivity contribution in [1.82, 2.24) is 10.2 Å². The minimum absolute atomic E-state index is 0.0330. The number of hydrogen-bond donors (Lipinski definition) is 1. The second-order valence-corrected chi connectivity index (χ2v) is 6.97. The SMILES string of the molecule is CCCNC(=O)[C@@H]1CN(C(=O)c2ccccc2F)C[C@H]1c1ccc(OC)cc1. The molecule has 2 aromatic rings. The summed E-state index contributed by atoms with van der Waals surface area (Å²) in [5.74, 6) is -0.816. The van der Waals surface area contributed by atoms with Gasteiger partial charge in [-0.15, -0.1) is 0 Å². The molecule has 2 amide bonds. The van der Waals surface area contributed by atoms with E-state index >= 15 is 0 Å². The zero-order valence-electron chi connectivity index (χ0n) is 16.2. The first-order valence-corrected chi connectivity index (χ1v) is 9.50. The lowest BCUT2D eigenvalue weighted by Gasteiger charge is -2.18. The lowest BCUT2D eigenvalue weighted by atomic mass is 9.88. The quantitative estimate of drug-likeness (QED) is 0.832. The number of carbonyl (C=O) groups excluding carboxylic acids is 2. The van der Waals surface area contributed by atoms with Gasteiger partial charge >= 0.3 is 0 Å². The van der Waals surface area contributed by atoms with Gasteiger partial charge in [0.2, 0.25) is 5.91 Å². The predicted molar refractivity (Wildman–Crippen MR) is 105 cm³/mol. The molecule has 1 aliphatic rings. The van der Waals surface area contributed by atoms with E-state index in [1.807, 2.05) is 31.2 Å². The Morgan fingerprint density at radius 1 is 1.14 bits per heavy atom. The van der Waals surface area contributed by atoms with Crippen LogP contribution in [-0.4, -0.2) is 43.5 Å². The van der Waals surface area contributed by atoms with Gasteiger partial charge in [0.1, 0.15) is 11.6 Å². The highest BCUT2D eigenvalue weighted by molar-refractivity contribution is 5.95. The average molecular weight is 384 g/mol. The standard InChI is InChI=1S/C22H25FN2O3/c1-3-12-24-21(26)19-14-25(22(27)17-6-4-5-7-20(17)23)13-18(19)15-8-10-16(28-2)11-9-15/h4-11,18-19H,3,12-14H2,1-2H3,(H,24,26)/t18-,19+/m0/s1. The number of hydrogen-bond acceptors (Lipinski definition) is 3. The van der Waals surface area contributed by atoms with Gasteiger partial charge in [-0.05, 0) is 36.2 Å². The van der Waals surface area contributed by atoms with E-state index in [0.29, 0.717) is 13.1 Å². The largest absolute Gasteiger partial charge is 0.497 e. The molecule has 0 radical (unpaired) electrons. The van der Waals surface area contributed by atoms with Crippen LogP contribution in [0, 0.1) is 11.7 Å². The van der Waals surface area contributed by atoms with Gasteiger partial charge in [-0.1, -0.05) is 31.2 Å². The van der Waals surface area contributed by atoms with Crippen LogP contribution in [0.5, 0.6) is 5.75 Å². The van der Waals surface area contributed by atoms with Gasteiger partial charge in [-0.25, -0.2) is 4.39 Å². The molecular formula is C22H25FN2O3. The molecular weight excluding hydrogens is 359 g/mol. The fourth-order valence-corrected chi connectivity index (χ4v) is 3.61. The molecule has 1 saturated heterocycles. The number of nitrogens with zero attached hydrogens (tertiary/aromatic N) is 1. The number of rotatable bonds is 6. The first-order valence-electron chi connectivity index (χ1n) is 9.50. The smallest absolute Gasteiger partial charge is 0.256 e. The van der Waals surface area contributed by atoms with Crippen molar-refractivity contribution in [2.45, 2.75) is 19.3 Å². The number of carbonyl (C=O) groups is 2. The molecule has 0 bridgehead atoms. The highest BCUT2D eigenvalue weighted by Crippen LogP contribution is 2.34. The summed E-state index contributed by atoms with van der Waals surface area (Å²) in [6.07, 6.45) is 0.837. The van der Waals surface area contributed by atoms with Gasteiger partial charge < -0.3 is 15.0 Å². The molecule has 0 aliphatic carbocycles. The number of halogens is 1. The molecule has 0 aromatic heterocycles. The Balaban J connectivity index is 1.86. The first kappa shape index (κ1) is 19.9. The second-order valence-electron chi connectivity index (χ2n) is 6.97. The number of methoxy groups -OCH3 is 1. The Morgan fingerprint density at radius 2 is 1.86 bits per heavy atom. The van der Waals surface area contributed by atoms with Crippen LogP contribution in [0.25, 0.3) is 0 Å². The Kier molecular flexibility index (Phi) is 6.29. The zero-order chi connectivity index (χ0) is 20.1. The summed E-state index contributed by atoms with van der Waals surface area (Å²) in [7, 11) is 1.60. The minimum Gasteiger partial charge on any atom is -0.497 e. The van der Waals surface area contributed by atoms with Gasteiger partial charge in [-0.3, -0.25) is 9.59 Å². The molecule has 5 nitrogen and oxygen atoms in total. The van der Waals surface area contributed by atoms with Crippen LogP contribution in [-0.2, 0) is 4.79 Å². The summed E-state index contributed by atoms with van der Waals surface area (Å²) >= 11 is 0. The molecule has 1 N–H and O–H groups in total. The van der Waals surface area contributed by atoms with Crippen molar-refractivity contribution in [2.75, 3.05) is 26.7 Å². The van der Waals surface area contributed by atoms with Gasteiger partial charge in [-0.2, -0.15) is 0 Å². The van der Waals surface area contributed by atoms with Crippen molar-refractivity contribution in [2.24, 2.45) is 5.92 Å². The molecule has 1 aliphatic heterocycles. The van der Waals surface area contributed by atoms with Crippen molar-refractivity contribution in [3.63, 3.8) is 0 Å². The lowest BCUT2D eigenvalue weighted by molar-refractivity contribution is -0.124. The van der Waals surface area contributed by atoms with E-state index < -0.39 is 5.82 Å². The Hall–Kier alpha value is -2.89. The highest BCUT2D eigenvalue weighted by atomic mass is 19.1. The third-order valence-electron chi connectivity index (χ3n) is 5.14. The second kappa shape index (κ2) is 8.87. The molecule has 0 unspecified atom stereocenters. The van der Waals surface area contributed by atoms with Gasteiger partial charge in [0.25, 0.3) is 5.91 Å². The van der Waals surface area contributed by atoms with Crippen LogP contribution < -0.4 is 10.1 Å². The normalized spacial score (nSPS) is 18.8. The number of ether oxygens (including phenoxy) is 1. The van der Waals surface area contributed by atoms with Crippen molar-refractivity contribution >= 4 is 11.8 Å². The number of benzene rings is 2. The molecule has 0 spiro atoms. The number of likely N-dealkylation sites (tertiary alicyclic amines) is 1. The van der Waals surface area contributed by atoms with E-state index in [1.165, 1.54) is 12.1 Å². The monoisotopic (exact) mass is 384 g/mol. The molecule has 2 aromatic carbocycles. The van der Waals surface area contributed by atoms with E-state index in [1.54, 1.807) is 24.1 Å². The maximum atomic E-state index is 14.1. The summed E-state index contributed by atoms with van der Waals surface area (Å²) in [4.78, 5) is 27.2. The van der Waals surface area contributed by atoms with Crippen LogP contribution in [0.15, 0.2) is 48.5 Å². The van der Waals surface area contributed by atoms with E-state index in [9.17, 15) is 14.0 Å². The summed E-state index contributed by atoms with van der Waals surface area (Å²) in [5.41, 5.74) is 0.992. The topological polar surface area (TPSA) is 58.6 Å². The summed E-state index contributed by atoms with van der Waals surface area (Å²) < 4.78 is 19.3. The Bertz CT molecular complexity index is 838.